The van der Waals surface area contributed by atoms with E-state index in [-0.39, 0.29) is 17.5 Å². The lowest BCUT2D eigenvalue weighted by atomic mass is 10.2. The summed E-state index contributed by atoms with van der Waals surface area (Å²) in [6, 6.07) is 9.52. The van der Waals surface area contributed by atoms with E-state index in [0.717, 1.165) is 35.1 Å². The molecule has 30 heavy (non-hydrogen) atoms. The van der Waals surface area contributed by atoms with Gasteiger partial charge < -0.3 is 4.74 Å². The molecule has 1 saturated heterocycles. The number of thioether (sulfide) groups is 1. The van der Waals surface area contributed by atoms with Crippen molar-refractivity contribution in [1.82, 2.24) is 4.98 Å². The molecular formula is C22H22F2N2O2S2. The van der Waals surface area contributed by atoms with Gasteiger partial charge in [0.15, 0.2) is 10.9 Å². The first-order chi connectivity index (χ1) is 14.4. The van der Waals surface area contributed by atoms with Gasteiger partial charge in [-0.1, -0.05) is 31.3 Å². The van der Waals surface area contributed by atoms with Crippen molar-refractivity contribution in [2.75, 3.05) is 18.1 Å². The summed E-state index contributed by atoms with van der Waals surface area (Å²) >= 11 is 2.79. The third-order valence-electron chi connectivity index (χ3n) is 4.74. The summed E-state index contributed by atoms with van der Waals surface area (Å²) < 4.78 is 33.9. The van der Waals surface area contributed by atoms with Gasteiger partial charge in [-0.2, -0.15) is 0 Å². The SMILES string of the molecule is CC(C)Sc1cccc(C(=O)N(CC2CCCO2)c2nc3c(F)cc(F)cc3s2)c1. The van der Waals surface area contributed by atoms with Crippen molar-refractivity contribution in [3.05, 3.63) is 53.6 Å². The first kappa shape index (κ1) is 21.2. The maximum Gasteiger partial charge on any atom is 0.260 e. The number of fused-ring (bicyclic) bond motifs is 1. The lowest BCUT2D eigenvalue weighted by molar-refractivity contribution is 0.0917. The van der Waals surface area contributed by atoms with Crippen molar-refractivity contribution in [3.63, 3.8) is 0 Å². The predicted octanol–water partition coefficient (Wildman–Crippen LogP) is 5.90. The summed E-state index contributed by atoms with van der Waals surface area (Å²) in [6.45, 7) is 5.17. The number of carbonyl (C=O) groups is 1. The highest BCUT2D eigenvalue weighted by molar-refractivity contribution is 7.99. The normalized spacial score (nSPS) is 16.5. The number of ether oxygens (including phenoxy) is 1. The monoisotopic (exact) mass is 448 g/mol. The van der Waals surface area contributed by atoms with Gasteiger partial charge in [0.1, 0.15) is 11.3 Å². The number of hydrogen-bond acceptors (Lipinski definition) is 5. The summed E-state index contributed by atoms with van der Waals surface area (Å²) in [5.74, 6) is -1.62. The smallest absolute Gasteiger partial charge is 0.260 e. The van der Waals surface area contributed by atoms with Gasteiger partial charge in [0.25, 0.3) is 5.91 Å². The lowest BCUT2D eigenvalue weighted by Gasteiger charge is -2.23. The zero-order valence-electron chi connectivity index (χ0n) is 16.7. The van der Waals surface area contributed by atoms with E-state index in [0.29, 0.717) is 33.8 Å². The third-order valence-corrected chi connectivity index (χ3v) is 6.76. The van der Waals surface area contributed by atoms with Crippen LogP contribution < -0.4 is 4.90 Å². The van der Waals surface area contributed by atoms with E-state index in [9.17, 15) is 13.6 Å². The molecule has 0 radical (unpaired) electrons. The summed E-state index contributed by atoms with van der Waals surface area (Å²) in [6.07, 6.45) is 1.68. The molecule has 0 aliphatic carbocycles. The number of halogens is 2. The largest absolute Gasteiger partial charge is 0.376 e. The van der Waals surface area contributed by atoms with Crippen LogP contribution in [0.25, 0.3) is 10.2 Å². The van der Waals surface area contributed by atoms with Gasteiger partial charge >= 0.3 is 0 Å². The molecule has 0 saturated carbocycles. The van der Waals surface area contributed by atoms with E-state index < -0.39 is 11.6 Å². The summed E-state index contributed by atoms with van der Waals surface area (Å²) in [5.41, 5.74) is 0.607. The van der Waals surface area contributed by atoms with Gasteiger partial charge in [0.2, 0.25) is 0 Å². The molecule has 4 rings (SSSR count). The van der Waals surface area contributed by atoms with Gasteiger partial charge in [-0.05, 0) is 37.1 Å². The van der Waals surface area contributed by atoms with Gasteiger partial charge in [0, 0.05) is 28.4 Å². The number of thiazole rings is 1. The van der Waals surface area contributed by atoms with Crippen LogP contribution >= 0.6 is 23.1 Å². The number of amides is 1. The maximum absolute atomic E-state index is 14.2. The Bertz CT molecular complexity index is 1060. The van der Waals surface area contributed by atoms with E-state index in [1.165, 1.54) is 11.0 Å². The van der Waals surface area contributed by atoms with Crippen LogP contribution in [0.2, 0.25) is 0 Å². The van der Waals surface area contributed by atoms with Crippen molar-refractivity contribution >= 4 is 44.4 Å². The molecule has 1 unspecified atom stereocenters. The van der Waals surface area contributed by atoms with Crippen LogP contribution in [0.1, 0.15) is 37.0 Å². The molecule has 1 atom stereocenters. The molecule has 8 heteroatoms. The quantitative estimate of drug-likeness (QED) is 0.440. The second-order valence-electron chi connectivity index (χ2n) is 7.48. The third kappa shape index (κ3) is 4.66. The summed E-state index contributed by atoms with van der Waals surface area (Å²) in [5, 5.41) is 0.734. The first-order valence-electron chi connectivity index (χ1n) is 9.86. The Kier molecular flexibility index (Phi) is 6.36. The average Bonchev–Trinajstić information content (AvgIpc) is 3.35. The van der Waals surface area contributed by atoms with Crippen molar-refractivity contribution in [3.8, 4) is 0 Å². The fourth-order valence-corrected chi connectivity index (χ4v) is 5.34. The summed E-state index contributed by atoms with van der Waals surface area (Å²) in [7, 11) is 0. The van der Waals surface area contributed by atoms with Crippen LogP contribution in [-0.4, -0.2) is 35.4 Å². The lowest BCUT2D eigenvalue weighted by Crippen LogP contribution is -2.37. The minimum atomic E-state index is -0.729. The number of rotatable bonds is 6. The number of hydrogen-bond donors (Lipinski definition) is 0. The molecule has 2 heterocycles. The molecule has 1 aliphatic rings. The fraction of sp³-hybridized carbons (Fsp3) is 0.364. The first-order valence-corrected chi connectivity index (χ1v) is 11.6. The average molecular weight is 449 g/mol. The minimum absolute atomic E-state index is 0.0747. The Morgan fingerprint density at radius 3 is 2.90 bits per heavy atom. The topological polar surface area (TPSA) is 42.4 Å². The van der Waals surface area contributed by atoms with Crippen LogP contribution in [0, 0.1) is 11.6 Å². The summed E-state index contributed by atoms with van der Waals surface area (Å²) in [4.78, 5) is 20.3. The van der Waals surface area contributed by atoms with Gasteiger partial charge in [-0.15, -0.1) is 11.8 Å². The molecule has 158 valence electrons. The molecule has 4 nitrogen and oxygen atoms in total. The molecule has 1 amide bonds. The molecule has 1 aliphatic heterocycles. The molecule has 0 N–H and O–H groups in total. The second-order valence-corrected chi connectivity index (χ2v) is 10.1. The molecule has 0 spiro atoms. The second kappa shape index (κ2) is 8.99. The Morgan fingerprint density at radius 1 is 1.33 bits per heavy atom. The highest BCUT2D eigenvalue weighted by Gasteiger charge is 2.28. The molecule has 0 bridgehead atoms. The Morgan fingerprint density at radius 2 is 2.17 bits per heavy atom. The highest BCUT2D eigenvalue weighted by Crippen LogP contribution is 2.33. The van der Waals surface area contributed by atoms with E-state index in [2.05, 4.69) is 18.8 Å². The zero-order valence-corrected chi connectivity index (χ0v) is 18.4. The number of aromatic nitrogens is 1. The maximum atomic E-state index is 14.2. The van der Waals surface area contributed by atoms with Gasteiger partial charge in [-0.3, -0.25) is 9.69 Å². The van der Waals surface area contributed by atoms with Crippen LogP contribution in [0.5, 0.6) is 0 Å². The fourth-order valence-electron chi connectivity index (χ4n) is 3.43. The molecule has 1 fully saturated rings. The van der Waals surface area contributed by atoms with E-state index in [4.69, 9.17) is 4.74 Å². The van der Waals surface area contributed by atoms with E-state index in [1.807, 2.05) is 18.2 Å². The Hall–Kier alpha value is -2.03. The molecule has 3 aromatic rings. The van der Waals surface area contributed by atoms with E-state index in [1.54, 1.807) is 17.8 Å². The highest BCUT2D eigenvalue weighted by atomic mass is 32.2. The van der Waals surface area contributed by atoms with Crippen molar-refractivity contribution in [2.24, 2.45) is 0 Å². The van der Waals surface area contributed by atoms with Crippen LogP contribution in [0.4, 0.5) is 13.9 Å². The number of carbonyl (C=O) groups excluding carboxylic acids is 1. The van der Waals surface area contributed by atoms with Crippen molar-refractivity contribution < 1.29 is 18.3 Å². The van der Waals surface area contributed by atoms with Gasteiger partial charge in [-0.25, -0.2) is 13.8 Å². The van der Waals surface area contributed by atoms with E-state index >= 15 is 0 Å². The molecule has 2 aromatic carbocycles. The van der Waals surface area contributed by atoms with Gasteiger partial charge in [0.05, 0.1) is 17.3 Å². The number of nitrogens with zero attached hydrogens (tertiary/aromatic N) is 2. The molecular weight excluding hydrogens is 426 g/mol. The standard InChI is InChI=1S/C22H22F2N2O2S2/c1-13(2)29-17-7-3-5-14(9-17)21(27)26(12-16-6-4-8-28-16)22-25-20-18(24)10-15(23)11-19(20)30-22/h3,5,7,9-11,13,16H,4,6,8,12H2,1-2H3. The van der Waals surface area contributed by atoms with Crippen LogP contribution in [-0.2, 0) is 4.74 Å². The zero-order chi connectivity index (χ0) is 21.3. The van der Waals surface area contributed by atoms with Crippen molar-refractivity contribution in [1.29, 1.82) is 0 Å². The Labute approximate surface area is 182 Å². The Balaban J connectivity index is 1.71. The number of benzene rings is 2. The molecule has 1 aromatic heterocycles. The van der Waals surface area contributed by atoms with Crippen molar-refractivity contribution in [2.45, 2.75) is 42.9 Å². The minimum Gasteiger partial charge on any atom is -0.376 e. The van der Waals surface area contributed by atoms with Crippen LogP contribution in [0.3, 0.4) is 0 Å². The number of anilines is 1. The van der Waals surface area contributed by atoms with Crippen LogP contribution in [0.15, 0.2) is 41.3 Å². The predicted molar refractivity (Wildman–Crippen MR) is 118 cm³/mol.